The molecule has 8 aromatic carbocycles. The number of para-hydroxylation sites is 1. The molecule has 8 rings (SSSR count). The van der Waals surface area contributed by atoms with Gasteiger partial charge in [0.1, 0.15) is 5.84 Å². The van der Waals surface area contributed by atoms with Crippen molar-refractivity contribution < 1.29 is 0 Å². The Morgan fingerprint density at radius 2 is 0.569 bits per heavy atom. The smallest absolute Gasteiger partial charge is 0.103 e. The first-order chi connectivity index (χ1) is 48.0. The highest BCUT2D eigenvalue weighted by Crippen LogP contribution is 2.28. The van der Waals surface area contributed by atoms with E-state index >= 15 is 0 Å². The Morgan fingerprint density at radius 1 is 0.314 bits per heavy atom. The van der Waals surface area contributed by atoms with Gasteiger partial charge in [-0.2, -0.15) is 0 Å². The van der Waals surface area contributed by atoms with Gasteiger partial charge in [-0.05, 0) is 305 Å². The highest BCUT2D eigenvalue weighted by Gasteiger charge is 2.14. The molecule has 0 unspecified atom stereocenters. The number of nitrogens with zero attached hydrogens (tertiary/aromatic N) is 8. The lowest BCUT2D eigenvalue weighted by Crippen LogP contribution is -2.17. The van der Waals surface area contributed by atoms with E-state index in [4.69, 9.17) is 25.0 Å². The molecule has 0 aliphatic rings. The largest absolute Gasteiger partial charge is 0.344 e. The van der Waals surface area contributed by atoms with E-state index in [2.05, 4.69) is 286 Å². The molecule has 12 heteroatoms. The van der Waals surface area contributed by atoms with Crippen LogP contribution in [0.1, 0.15) is 192 Å². The van der Waals surface area contributed by atoms with Crippen LogP contribution in [0.25, 0.3) is 0 Å². The van der Waals surface area contributed by atoms with Crippen molar-refractivity contribution in [2.45, 2.75) is 223 Å². The van der Waals surface area contributed by atoms with Crippen LogP contribution >= 0.6 is 0 Å². The molecule has 540 valence electrons. The van der Waals surface area contributed by atoms with Gasteiger partial charge in [-0.15, -0.1) is 0 Å². The number of anilines is 4. The highest BCUT2D eigenvalue weighted by molar-refractivity contribution is 5.98. The maximum Gasteiger partial charge on any atom is 0.103 e. The molecule has 0 amide bonds. The third-order valence-electron chi connectivity index (χ3n) is 16.1. The number of aryl methyl sites for hydroxylation is 8. The Morgan fingerprint density at radius 3 is 0.843 bits per heavy atom. The standard InChI is InChI=1S/C27H31N3.2C22H29N3.C19H31N3/c1-18-10-7-11-19(2)26(18)16-22(5)28-24-14-9-15-25(17-24)29-23(6)30-27-20(3)12-8-13-21(27)4;2*1-15(2)23-19(6)25-21-12-8-11-20(14-21)24-18(5)13-22-16(3)9-7-10-17(22)4;1-14(13-18(3,4)5)20-16-10-9-11-17(12-16)21-15(2)22-19(6,7)8/h7-15,17H,16H2,1-6H3,(H,29,30);2*7-12,14-15H,13H2,1-6H3,(H,23,25);9-12H,13H2,1-8H3,(H,21,22). The van der Waals surface area contributed by atoms with E-state index in [1.165, 1.54) is 61.2 Å². The molecule has 0 aliphatic carbocycles. The molecule has 0 heterocycles. The van der Waals surface area contributed by atoms with Crippen LogP contribution in [0.5, 0.6) is 0 Å². The zero-order valence-electron chi connectivity index (χ0n) is 66.7. The van der Waals surface area contributed by atoms with Crippen LogP contribution in [0, 0.1) is 60.8 Å². The summed E-state index contributed by atoms with van der Waals surface area (Å²) in [4.78, 5) is 37.6. The van der Waals surface area contributed by atoms with E-state index in [1.54, 1.807) is 0 Å². The summed E-state index contributed by atoms with van der Waals surface area (Å²) >= 11 is 0. The monoisotopic (exact) mass is 1370 g/mol. The maximum atomic E-state index is 4.85. The third kappa shape index (κ3) is 31.1. The van der Waals surface area contributed by atoms with Gasteiger partial charge >= 0.3 is 0 Å². The average Bonchev–Trinajstić information content (AvgIpc) is 0.872. The van der Waals surface area contributed by atoms with Crippen molar-refractivity contribution in [3.8, 4) is 0 Å². The van der Waals surface area contributed by atoms with Crippen molar-refractivity contribution in [3.63, 3.8) is 0 Å². The summed E-state index contributed by atoms with van der Waals surface area (Å²) < 4.78 is 0. The minimum absolute atomic E-state index is 0.0733. The van der Waals surface area contributed by atoms with Gasteiger partial charge in [0, 0.05) is 76.9 Å². The minimum Gasteiger partial charge on any atom is -0.344 e. The third-order valence-corrected chi connectivity index (χ3v) is 16.1. The van der Waals surface area contributed by atoms with E-state index in [0.717, 1.165) is 123 Å². The molecule has 0 aliphatic heterocycles. The van der Waals surface area contributed by atoms with Gasteiger partial charge in [0.25, 0.3) is 0 Å². The summed E-state index contributed by atoms with van der Waals surface area (Å²) in [5.74, 6) is 3.62. The number of aliphatic imine (C=N–C) groups is 8. The molecule has 0 saturated heterocycles. The van der Waals surface area contributed by atoms with Crippen LogP contribution in [0.4, 0.5) is 51.2 Å². The first-order valence-corrected chi connectivity index (χ1v) is 36.0. The van der Waals surface area contributed by atoms with Gasteiger partial charge in [-0.25, -0.2) is 4.99 Å². The topological polar surface area (TPSA) is 147 Å². The second-order valence-electron chi connectivity index (χ2n) is 29.9. The van der Waals surface area contributed by atoms with Crippen molar-refractivity contribution in [2.75, 3.05) is 21.3 Å². The Hall–Kier alpha value is -9.68. The molecule has 0 aromatic heterocycles. The van der Waals surface area contributed by atoms with Gasteiger partial charge in [0.05, 0.1) is 51.5 Å². The quantitative estimate of drug-likeness (QED) is 0.0500. The summed E-state index contributed by atoms with van der Waals surface area (Å²) in [6.45, 7) is 54.8. The van der Waals surface area contributed by atoms with Crippen LogP contribution in [0.15, 0.2) is 210 Å². The van der Waals surface area contributed by atoms with Gasteiger partial charge in [0.2, 0.25) is 0 Å². The molecule has 0 atom stereocenters. The molecule has 0 radical (unpaired) electrons. The first kappa shape index (κ1) is 83.0. The molecular weight excluding hydrogens is 1250 g/mol. The van der Waals surface area contributed by atoms with Crippen molar-refractivity contribution in [1.82, 2.24) is 0 Å². The Balaban J connectivity index is 0.000000246. The van der Waals surface area contributed by atoms with Gasteiger partial charge in [0.15, 0.2) is 0 Å². The van der Waals surface area contributed by atoms with E-state index < -0.39 is 0 Å². The Bertz CT molecular complexity index is 4110. The normalized spacial score (nSPS) is 12.8. The Kier molecular flexibility index (Phi) is 32.6. The molecule has 0 bridgehead atoms. The number of nitrogens with one attached hydrogen (secondary N) is 4. The lowest BCUT2D eigenvalue weighted by Gasteiger charge is -2.17. The zero-order chi connectivity index (χ0) is 75.4. The molecule has 8 aromatic rings. The average molecular weight is 1370 g/mol. The second-order valence-corrected chi connectivity index (χ2v) is 29.9. The summed E-state index contributed by atoms with van der Waals surface area (Å²) in [7, 11) is 0. The van der Waals surface area contributed by atoms with E-state index in [1.807, 2.05) is 100 Å². The first-order valence-electron chi connectivity index (χ1n) is 36.0. The van der Waals surface area contributed by atoms with Crippen molar-refractivity contribution in [3.05, 3.63) is 231 Å². The minimum atomic E-state index is -0.0733. The van der Waals surface area contributed by atoms with Crippen LogP contribution in [0.2, 0.25) is 0 Å². The van der Waals surface area contributed by atoms with E-state index in [0.29, 0.717) is 0 Å². The predicted octanol–water partition coefficient (Wildman–Crippen LogP) is 25.0. The van der Waals surface area contributed by atoms with Gasteiger partial charge < -0.3 is 21.3 Å². The fraction of sp³-hybridized carbons (Fsp3) is 0.378. The number of hydrogen-bond acceptors (Lipinski definition) is 8. The molecule has 0 fully saturated rings. The van der Waals surface area contributed by atoms with Crippen molar-refractivity contribution in [2.24, 2.45) is 45.4 Å². The number of hydrogen-bond donors (Lipinski definition) is 4. The molecule has 102 heavy (non-hydrogen) atoms. The van der Waals surface area contributed by atoms with Crippen LogP contribution < -0.4 is 21.3 Å². The molecule has 12 nitrogen and oxygen atoms in total. The molecule has 0 saturated carbocycles. The number of rotatable bonds is 18. The lowest BCUT2D eigenvalue weighted by molar-refractivity contribution is 0.433. The number of benzene rings is 8. The SMILES string of the molecule is CC(CC(C)(C)C)=Nc1cccc(NC(C)=NC(C)(C)C)c1.CC(Cc1c(C)cccc1C)=Nc1cccc(NC(C)=NC(C)C)c1.CC(Cc1c(C)cccc1C)=Nc1cccc(NC(C)=NC(C)C)c1.CC(Cc1c(C)cccc1C)=Nc1cccc(NC(C)=Nc2c(C)cccc2C)c1. The number of amidine groups is 4. The van der Waals surface area contributed by atoms with Crippen LogP contribution in [-0.2, 0) is 19.3 Å². The second kappa shape index (κ2) is 40.1. The van der Waals surface area contributed by atoms with Crippen molar-refractivity contribution >= 4 is 97.4 Å². The zero-order valence-corrected chi connectivity index (χ0v) is 66.7. The Labute approximate surface area is 615 Å². The molecule has 0 spiro atoms. The van der Waals surface area contributed by atoms with E-state index in [-0.39, 0.29) is 23.0 Å². The highest BCUT2D eigenvalue weighted by atomic mass is 15.0. The summed E-state index contributed by atoms with van der Waals surface area (Å²) in [5, 5.41) is 13.4. The fourth-order valence-electron chi connectivity index (χ4n) is 12.0. The van der Waals surface area contributed by atoms with Crippen molar-refractivity contribution in [1.29, 1.82) is 0 Å². The van der Waals surface area contributed by atoms with E-state index in [9.17, 15) is 0 Å². The molecular formula is C90H120N12. The van der Waals surface area contributed by atoms with Gasteiger partial charge in [-0.3, -0.25) is 34.9 Å². The summed E-state index contributed by atoms with van der Waals surface area (Å²) in [6.07, 6.45) is 3.62. The van der Waals surface area contributed by atoms with Crippen LogP contribution in [0.3, 0.4) is 0 Å². The predicted molar refractivity (Wildman–Crippen MR) is 452 cm³/mol. The lowest BCUT2D eigenvalue weighted by atomic mass is 9.90. The fourth-order valence-corrected chi connectivity index (χ4v) is 12.0. The van der Waals surface area contributed by atoms with Gasteiger partial charge in [-0.1, -0.05) is 118 Å². The molecule has 4 N–H and O–H groups in total. The summed E-state index contributed by atoms with van der Waals surface area (Å²) in [6, 6.07) is 58.8. The summed E-state index contributed by atoms with van der Waals surface area (Å²) in [5.41, 5.74) is 28.0. The maximum absolute atomic E-state index is 4.85. The van der Waals surface area contributed by atoms with Crippen LogP contribution in [-0.4, -0.2) is 63.8 Å².